The first kappa shape index (κ1) is 16.8. The minimum absolute atomic E-state index is 0.372. The molecule has 1 rings (SSSR count). The van der Waals surface area contributed by atoms with E-state index < -0.39 is 11.7 Å². The number of amides is 1. The van der Waals surface area contributed by atoms with E-state index in [-0.39, 0.29) is 0 Å². The molecule has 0 aliphatic rings. The van der Waals surface area contributed by atoms with E-state index in [0.29, 0.717) is 19.6 Å². The summed E-state index contributed by atoms with van der Waals surface area (Å²) >= 11 is 0. The van der Waals surface area contributed by atoms with Crippen LogP contribution >= 0.6 is 0 Å². The van der Waals surface area contributed by atoms with Crippen LogP contribution in [0, 0.1) is 11.3 Å². The molecule has 1 aromatic rings. The Bertz CT molecular complexity index is 484. The molecule has 0 aliphatic heterocycles. The monoisotopic (exact) mass is 290 g/mol. The van der Waals surface area contributed by atoms with Crippen molar-refractivity contribution in [2.24, 2.45) is 0 Å². The summed E-state index contributed by atoms with van der Waals surface area (Å²) in [6.45, 7) is 6.20. The van der Waals surface area contributed by atoms with E-state index in [1.54, 1.807) is 0 Å². The number of benzene rings is 1. The van der Waals surface area contributed by atoms with Gasteiger partial charge in [-0.25, -0.2) is 4.79 Å². The Morgan fingerprint density at radius 2 is 1.95 bits per heavy atom. The lowest BCUT2D eigenvalue weighted by Crippen LogP contribution is -2.34. The minimum atomic E-state index is -0.496. The number of rotatable bonds is 6. The van der Waals surface area contributed by atoms with Crippen molar-refractivity contribution >= 4 is 6.09 Å². The molecule has 0 saturated heterocycles. The molecule has 1 aromatic carbocycles. The van der Waals surface area contributed by atoms with Gasteiger partial charge < -0.3 is 14.8 Å². The Balaban J connectivity index is 2.24. The van der Waals surface area contributed by atoms with Crippen LogP contribution in [0.1, 0.15) is 32.8 Å². The Labute approximate surface area is 125 Å². The molecule has 5 nitrogen and oxygen atoms in total. The Hall–Kier alpha value is -2.22. The molecule has 0 saturated carbocycles. The summed E-state index contributed by atoms with van der Waals surface area (Å²) in [5.41, 5.74) is 0.611. The van der Waals surface area contributed by atoms with Gasteiger partial charge in [0, 0.05) is 6.42 Å². The van der Waals surface area contributed by atoms with Crippen LogP contribution in [-0.4, -0.2) is 24.8 Å². The van der Waals surface area contributed by atoms with Crippen molar-refractivity contribution in [2.75, 3.05) is 13.2 Å². The van der Waals surface area contributed by atoms with Crippen molar-refractivity contribution in [2.45, 2.75) is 39.2 Å². The van der Waals surface area contributed by atoms with Crippen LogP contribution in [0.5, 0.6) is 5.75 Å². The standard InChI is InChI=1S/C16H22N2O3/c1-16(2,3)21-15(19)18-11-12-20-14-8-6-13(7-9-14)5-4-10-17/h6-9H,4-5,11-12H2,1-3H3,(H,18,19). The van der Waals surface area contributed by atoms with Crippen LogP contribution in [0.2, 0.25) is 0 Å². The topological polar surface area (TPSA) is 71.3 Å². The number of aryl methyl sites for hydroxylation is 1. The SMILES string of the molecule is CC(C)(C)OC(=O)NCCOc1ccc(CCC#N)cc1. The largest absolute Gasteiger partial charge is 0.492 e. The van der Waals surface area contributed by atoms with Crippen LogP contribution < -0.4 is 10.1 Å². The van der Waals surface area contributed by atoms with Crippen molar-refractivity contribution < 1.29 is 14.3 Å². The lowest BCUT2D eigenvalue weighted by atomic mass is 10.1. The van der Waals surface area contributed by atoms with Gasteiger partial charge in [0.05, 0.1) is 12.6 Å². The van der Waals surface area contributed by atoms with Gasteiger partial charge in [-0.2, -0.15) is 5.26 Å². The highest BCUT2D eigenvalue weighted by Crippen LogP contribution is 2.13. The summed E-state index contributed by atoms with van der Waals surface area (Å²) in [5.74, 6) is 0.738. The summed E-state index contributed by atoms with van der Waals surface area (Å²) < 4.78 is 10.6. The second-order valence-electron chi connectivity index (χ2n) is 5.58. The number of nitriles is 1. The molecule has 0 unspecified atom stereocenters. The molecule has 0 atom stereocenters. The zero-order valence-corrected chi connectivity index (χ0v) is 12.8. The predicted molar refractivity (Wildman–Crippen MR) is 80.1 cm³/mol. The van der Waals surface area contributed by atoms with E-state index in [0.717, 1.165) is 17.7 Å². The van der Waals surface area contributed by atoms with Gasteiger partial charge >= 0.3 is 6.09 Å². The highest BCUT2D eigenvalue weighted by molar-refractivity contribution is 5.67. The van der Waals surface area contributed by atoms with E-state index in [1.807, 2.05) is 45.0 Å². The smallest absolute Gasteiger partial charge is 0.407 e. The molecule has 1 N–H and O–H groups in total. The fourth-order valence-electron chi connectivity index (χ4n) is 1.59. The van der Waals surface area contributed by atoms with Crippen LogP contribution in [0.3, 0.4) is 0 Å². The molecule has 0 bridgehead atoms. The first-order valence-electron chi connectivity index (χ1n) is 6.96. The molecule has 0 heterocycles. The van der Waals surface area contributed by atoms with Gasteiger partial charge in [-0.1, -0.05) is 12.1 Å². The maximum absolute atomic E-state index is 11.4. The molecular formula is C16H22N2O3. The Kier molecular flexibility index (Phi) is 6.54. The van der Waals surface area contributed by atoms with Gasteiger partial charge in [0.2, 0.25) is 0 Å². The minimum Gasteiger partial charge on any atom is -0.492 e. The molecule has 0 aromatic heterocycles. The highest BCUT2D eigenvalue weighted by Gasteiger charge is 2.15. The normalized spacial score (nSPS) is 10.6. The number of carbonyl (C=O) groups excluding carboxylic acids is 1. The van der Waals surface area contributed by atoms with Gasteiger partial charge in [0.1, 0.15) is 18.0 Å². The average molecular weight is 290 g/mol. The molecule has 0 fully saturated rings. The summed E-state index contributed by atoms with van der Waals surface area (Å²) in [6.07, 6.45) is 0.815. The fourth-order valence-corrected chi connectivity index (χ4v) is 1.59. The van der Waals surface area contributed by atoms with Gasteiger partial charge in [-0.15, -0.1) is 0 Å². The third kappa shape index (κ3) is 7.83. The molecular weight excluding hydrogens is 268 g/mol. The number of nitrogens with zero attached hydrogens (tertiary/aromatic N) is 1. The zero-order chi connectivity index (χ0) is 15.7. The Morgan fingerprint density at radius 3 is 2.52 bits per heavy atom. The van der Waals surface area contributed by atoms with E-state index in [2.05, 4.69) is 11.4 Å². The first-order chi connectivity index (χ1) is 9.90. The third-order valence-corrected chi connectivity index (χ3v) is 2.49. The predicted octanol–water partition coefficient (Wildman–Crippen LogP) is 3.05. The van der Waals surface area contributed by atoms with E-state index in [1.165, 1.54) is 0 Å². The van der Waals surface area contributed by atoms with Crippen LogP contribution in [0.25, 0.3) is 0 Å². The van der Waals surface area contributed by atoms with Crippen molar-refractivity contribution in [3.05, 3.63) is 29.8 Å². The molecule has 21 heavy (non-hydrogen) atoms. The molecule has 5 heteroatoms. The maximum Gasteiger partial charge on any atom is 0.407 e. The summed E-state index contributed by atoms with van der Waals surface area (Å²) in [6, 6.07) is 9.72. The zero-order valence-electron chi connectivity index (χ0n) is 12.8. The molecule has 0 radical (unpaired) electrons. The highest BCUT2D eigenvalue weighted by atomic mass is 16.6. The van der Waals surface area contributed by atoms with Gasteiger partial charge in [-0.05, 0) is 44.9 Å². The van der Waals surface area contributed by atoms with E-state index in [9.17, 15) is 4.79 Å². The van der Waals surface area contributed by atoms with E-state index >= 15 is 0 Å². The number of hydrogen-bond acceptors (Lipinski definition) is 4. The van der Waals surface area contributed by atoms with Crippen molar-refractivity contribution in [1.82, 2.24) is 5.32 Å². The number of ether oxygens (including phenoxy) is 2. The first-order valence-corrected chi connectivity index (χ1v) is 6.96. The van der Waals surface area contributed by atoms with Crippen molar-refractivity contribution in [3.8, 4) is 11.8 Å². The molecule has 0 aliphatic carbocycles. The second-order valence-corrected chi connectivity index (χ2v) is 5.58. The average Bonchev–Trinajstić information content (AvgIpc) is 2.41. The van der Waals surface area contributed by atoms with Crippen molar-refractivity contribution in [1.29, 1.82) is 5.26 Å². The van der Waals surface area contributed by atoms with Gasteiger partial charge in [0.15, 0.2) is 0 Å². The maximum atomic E-state index is 11.4. The quantitative estimate of drug-likeness (QED) is 0.817. The lowest BCUT2D eigenvalue weighted by Gasteiger charge is -2.19. The molecule has 114 valence electrons. The van der Waals surface area contributed by atoms with Crippen LogP contribution in [0.4, 0.5) is 4.79 Å². The Morgan fingerprint density at radius 1 is 1.29 bits per heavy atom. The van der Waals surface area contributed by atoms with Crippen molar-refractivity contribution in [3.63, 3.8) is 0 Å². The number of carbonyl (C=O) groups is 1. The van der Waals surface area contributed by atoms with Crippen LogP contribution in [-0.2, 0) is 11.2 Å². The second kappa shape index (κ2) is 8.15. The third-order valence-electron chi connectivity index (χ3n) is 2.49. The fraction of sp³-hybridized carbons (Fsp3) is 0.500. The van der Waals surface area contributed by atoms with E-state index in [4.69, 9.17) is 14.7 Å². The number of alkyl carbamates (subject to hydrolysis) is 1. The molecule has 1 amide bonds. The lowest BCUT2D eigenvalue weighted by molar-refractivity contribution is 0.0520. The number of nitrogens with one attached hydrogen (secondary N) is 1. The number of hydrogen-bond donors (Lipinski definition) is 1. The molecule has 0 spiro atoms. The summed E-state index contributed by atoms with van der Waals surface area (Å²) in [4.78, 5) is 11.4. The van der Waals surface area contributed by atoms with Crippen LogP contribution in [0.15, 0.2) is 24.3 Å². The summed E-state index contributed by atoms with van der Waals surface area (Å²) in [7, 11) is 0. The van der Waals surface area contributed by atoms with Gasteiger partial charge in [0.25, 0.3) is 0 Å². The summed E-state index contributed by atoms with van der Waals surface area (Å²) in [5, 5.41) is 11.1. The van der Waals surface area contributed by atoms with Gasteiger partial charge in [-0.3, -0.25) is 0 Å².